The molecule has 9 heteroatoms. The molecular formula is C26H22N4O5. The SMILES string of the molecule is CCOC(=O)c1cc([N+](=O)[O-])cnc1/C=C\c1cn(-c2ccccc2)nc1-c1ccccc1OC. The molecule has 2 heterocycles. The van der Waals surface area contributed by atoms with Crippen LogP contribution < -0.4 is 4.74 Å². The molecule has 0 saturated heterocycles. The Hall–Kier alpha value is -4.79. The maximum atomic E-state index is 12.5. The van der Waals surface area contributed by atoms with E-state index in [0.717, 1.165) is 23.0 Å². The van der Waals surface area contributed by atoms with E-state index in [9.17, 15) is 14.9 Å². The van der Waals surface area contributed by atoms with Crippen molar-refractivity contribution in [1.29, 1.82) is 0 Å². The second-order valence-corrected chi connectivity index (χ2v) is 7.35. The normalized spacial score (nSPS) is 10.9. The molecule has 0 fully saturated rings. The van der Waals surface area contributed by atoms with Crippen molar-refractivity contribution in [3.8, 4) is 22.7 Å². The molecule has 0 spiro atoms. The van der Waals surface area contributed by atoms with Gasteiger partial charge in [-0.05, 0) is 43.3 Å². The zero-order valence-corrected chi connectivity index (χ0v) is 19.1. The molecule has 0 aliphatic rings. The van der Waals surface area contributed by atoms with Gasteiger partial charge < -0.3 is 9.47 Å². The average Bonchev–Trinajstić information content (AvgIpc) is 3.32. The second kappa shape index (κ2) is 10.4. The third kappa shape index (κ3) is 5.09. The molecule has 4 rings (SSSR count). The van der Waals surface area contributed by atoms with Gasteiger partial charge in [-0.1, -0.05) is 30.3 Å². The van der Waals surface area contributed by atoms with Gasteiger partial charge in [-0.25, -0.2) is 14.5 Å². The van der Waals surface area contributed by atoms with Crippen molar-refractivity contribution in [2.24, 2.45) is 0 Å². The summed E-state index contributed by atoms with van der Waals surface area (Å²) in [5.74, 6) is -0.0329. The molecule has 0 aliphatic heterocycles. The first-order valence-electron chi connectivity index (χ1n) is 10.8. The van der Waals surface area contributed by atoms with E-state index in [1.807, 2.05) is 60.8 Å². The van der Waals surface area contributed by atoms with Crippen molar-refractivity contribution in [2.75, 3.05) is 13.7 Å². The Bertz CT molecular complexity index is 1400. The number of carbonyl (C=O) groups is 1. The molecule has 2 aromatic carbocycles. The molecule has 0 saturated carbocycles. The number of hydrogen-bond acceptors (Lipinski definition) is 7. The van der Waals surface area contributed by atoms with Gasteiger partial charge in [-0.3, -0.25) is 10.1 Å². The Morgan fingerprint density at radius 3 is 2.57 bits per heavy atom. The third-order valence-corrected chi connectivity index (χ3v) is 5.16. The molecular weight excluding hydrogens is 448 g/mol. The quantitative estimate of drug-likeness (QED) is 0.198. The van der Waals surface area contributed by atoms with Gasteiger partial charge in [0.25, 0.3) is 5.69 Å². The minimum atomic E-state index is -0.687. The minimum absolute atomic E-state index is 0.00610. The van der Waals surface area contributed by atoms with Crippen LogP contribution in [-0.4, -0.2) is 39.4 Å². The fraction of sp³-hybridized carbons (Fsp3) is 0.115. The van der Waals surface area contributed by atoms with E-state index in [-0.39, 0.29) is 23.6 Å². The lowest BCUT2D eigenvalue weighted by Crippen LogP contribution is -2.08. The Kier molecular flexibility index (Phi) is 6.96. The number of methoxy groups -OCH3 is 1. The minimum Gasteiger partial charge on any atom is -0.496 e. The number of hydrogen-bond donors (Lipinski definition) is 0. The van der Waals surface area contributed by atoms with Crippen LogP contribution in [0.4, 0.5) is 5.69 Å². The summed E-state index contributed by atoms with van der Waals surface area (Å²) in [6.45, 7) is 1.79. The first-order chi connectivity index (χ1) is 17.0. The van der Waals surface area contributed by atoms with Gasteiger partial charge in [0.2, 0.25) is 0 Å². The van der Waals surface area contributed by atoms with E-state index in [1.165, 1.54) is 6.07 Å². The van der Waals surface area contributed by atoms with Crippen LogP contribution in [0.2, 0.25) is 0 Å². The van der Waals surface area contributed by atoms with Crippen LogP contribution in [0.25, 0.3) is 29.1 Å². The summed E-state index contributed by atoms with van der Waals surface area (Å²) < 4.78 is 12.4. The second-order valence-electron chi connectivity index (χ2n) is 7.35. The van der Waals surface area contributed by atoms with E-state index < -0.39 is 10.9 Å². The molecule has 0 amide bonds. The highest BCUT2D eigenvalue weighted by atomic mass is 16.6. The Balaban J connectivity index is 1.83. The van der Waals surface area contributed by atoms with Gasteiger partial charge in [0.15, 0.2) is 0 Å². The van der Waals surface area contributed by atoms with Crippen molar-refractivity contribution < 1.29 is 19.2 Å². The average molecular weight is 470 g/mol. The van der Waals surface area contributed by atoms with Gasteiger partial charge >= 0.3 is 5.97 Å². The molecule has 0 atom stereocenters. The molecule has 0 N–H and O–H groups in total. The summed E-state index contributed by atoms with van der Waals surface area (Å²) >= 11 is 0. The molecule has 0 bridgehead atoms. The van der Waals surface area contributed by atoms with Gasteiger partial charge in [-0.15, -0.1) is 0 Å². The molecule has 35 heavy (non-hydrogen) atoms. The van der Waals surface area contributed by atoms with E-state index >= 15 is 0 Å². The van der Waals surface area contributed by atoms with E-state index in [2.05, 4.69) is 4.98 Å². The van der Waals surface area contributed by atoms with Crippen LogP contribution in [0.1, 0.15) is 28.5 Å². The summed E-state index contributed by atoms with van der Waals surface area (Å²) in [6.07, 6.45) is 6.33. The predicted molar refractivity (Wildman–Crippen MR) is 131 cm³/mol. The fourth-order valence-electron chi connectivity index (χ4n) is 3.51. The number of nitrogens with zero attached hydrogens (tertiary/aromatic N) is 4. The number of ether oxygens (including phenoxy) is 2. The number of nitro groups is 1. The molecule has 0 unspecified atom stereocenters. The van der Waals surface area contributed by atoms with E-state index in [0.29, 0.717) is 11.4 Å². The van der Waals surface area contributed by atoms with Gasteiger partial charge in [0.1, 0.15) is 17.6 Å². The summed E-state index contributed by atoms with van der Waals surface area (Å²) in [5.41, 5.74) is 2.99. The lowest BCUT2D eigenvalue weighted by atomic mass is 10.1. The van der Waals surface area contributed by atoms with Crippen molar-refractivity contribution in [3.63, 3.8) is 0 Å². The first kappa shape index (κ1) is 23.4. The Morgan fingerprint density at radius 2 is 1.86 bits per heavy atom. The monoisotopic (exact) mass is 470 g/mol. The summed E-state index contributed by atoms with van der Waals surface area (Å²) in [5, 5.41) is 16.0. The summed E-state index contributed by atoms with van der Waals surface area (Å²) in [7, 11) is 1.59. The number of para-hydroxylation sites is 2. The number of rotatable bonds is 8. The predicted octanol–water partition coefficient (Wildman–Crippen LogP) is 5.20. The van der Waals surface area contributed by atoms with Crippen LogP contribution in [0, 0.1) is 10.1 Å². The number of benzene rings is 2. The maximum Gasteiger partial charge on any atom is 0.340 e. The highest BCUT2D eigenvalue weighted by Crippen LogP contribution is 2.33. The van der Waals surface area contributed by atoms with Gasteiger partial charge in [-0.2, -0.15) is 5.10 Å². The molecule has 4 aromatic rings. The van der Waals surface area contributed by atoms with Crippen LogP contribution in [-0.2, 0) is 4.74 Å². The van der Waals surface area contributed by atoms with Crippen molar-refractivity contribution in [3.05, 3.63) is 100.0 Å². The zero-order valence-electron chi connectivity index (χ0n) is 19.1. The smallest absolute Gasteiger partial charge is 0.340 e. The Labute approximate surface area is 201 Å². The number of aromatic nitrogens is 3. The maximum absolute atomic E-state index is 12.5. The lowest BCUT2D eigenvalue weighted by molar-refractivity contribution is -0.385. The molecule has 9 nitrogen and oxygen atoms in total. The zero-order chi connectivity index (χ0) is 24.8. The fourth-order valence-corrected chi connectivity index (χ4v) is 3.51. The van der Waals surface area contributed by atoms with E-state index in [1.54, 1.807) is 30.9 Å². The standard InChI is InChI=1S/C26H22N4O5/c1-3-35-26(31)22-15-20(30(32)33)16-27-23(22)14-13-18-17-29(19-9-5-4-6-10-19)28-25(18)21-11-7-8-12-24(21)34-2/h4-17H,3H2,1-2H3/b14-13-. The number of carbonyl (C=O) groups excluding carboxylic acids is 1. The third-order valence-electron chi connectivity index (χ3n) is 5.16. The van der Waals surface area contributed by atoms with Crippen molar-refractivity contribution in [2.45, 2.75) is 6.92 Å². The summed E-state index contributed by atoms with van der Waals surface area (Å²) in [6, 6.07) is 18.3. The summed E-state index contributed by atoms with van der Waals surface area (Å²) in [4.78, 5) is 27.2. The largest absolute Gasteiger partial charge is 0.496 e. The van der Waals surface area contributed by atoms with Gasteiger partial charge in [0, 0.05) is 23.4 Å². The molecule has 2 aromatic heterocycles. The van der Waals surface area contributed by atoms with Crippen LogP contribution in [0.3, 0.4) is 0 Å². The van der Waals surface area contributed by atoms with Crippen LogP contribution in [0.15, 0.2) is 73.1 Å². The van der Waals surface area contributed by atoms with Crippen molar-refractivity contribution in [1.82, 2.24) is 14.8 Å². The molecule has 0 radical (unpaired) electrons. The van der Waals surface area contributed by atoms with Crippen LogP contribution in [0.5, 0.6) is 5.75 Å². The molecule has 176 valence electrons. The number of pyridine rings is 1. The Morgan fingerprint density at radius 1 is 1.11 bits per heavy atom. The lowest BCUT2D eigenvalue weighted by Gasteiger charge is -2.07. The van der Waals surface area contributed by atoms with Gasteiger partial charge in [0.05, 0.1) is 35.6 Å². The van der Waals surface area contributed by atoms with Crippen molar-refractivity contribution >= 4 is 23.8 Å². The van der Waals surface area contributed by atoms with Crippen LogP contribution >= 0.6 is 0 Å². The first-order valence-corrected chi connectivity index (χ1v) is 10.8. The molecule has 0 aliphatic carbocycles. The number of esters is 1. The topological polar surface area (TPSA) is 109 Å². The highest BCUT2D eigenvalue weighted by Gasteiger charge is 2.19. The highest BCUT2D eigenvalue weighted by molar-refractivity contribution is 5.95. The van der Waals surface area contributed by atoms with E-state index in [4.69, 9.17) is 14.6 Å².